The molecule has 2 heterocycles. The third-order valence-corrected chi connectivity index (χ3v) is 3.48. The van der Waals surface area contributed by atoms with Crippen molar-refractivity contribution >= 4 is 29.2 Å². The van der Waals surface area contributed by atoms with Gasteiger partial charge in [-0.25, -0.2) is 23.5 Å². The first-order valence-electron chi connectivity index (χ1n) is 7.17. The second-order valence-corrected chi connectivity index (χ2v) is 5.28. The van der Waals surface area contributed by atoms with Crippen molar-refractivity contribution in [1.82, 2.24) is 14.6 Å². The summed E-state index contributed by atoms with van der Waals surface area (Å²) in [6, 6.07) is 7.07. The Morgan fingerprint density at radius 3 is 2.65 bits per heavy atom. The van der Waals surface area contributed by atoms with Gasteiger partial charge in [-0.15, -0.1) is 0 Å². The van der Waals surface area contributed by atoms with Crippen LogP contribution in [-0.4, -0.2) is 38.8 Å². The Bertz CT molecular complexity index is 961. The molecule has 3 aromatic rings. The van der Waals surface area contributed by atoms with Crippen molar-refractivity contribution in [2.75, 3.05) is 7.11 Å². The van der Waals surface area contributed by atoms with E-state index in [1.807, 2.05) is 0 Å². The summed E-state index contributed by atoms with van der Waals surface area (Å²) in [7, 11) is 1.21. The number of carboxylic acid groups (broad SMARTS) is 1. The second kappa shape index (κ2) is 8.37. The van der Waals surface area contributed by atoms with Crippen molar-refractivity contribution in [3.63, 3.8) is 0 Å². The van der Waals surface area contributed by atoms with E-state index in [2.05, 4.69) is 14.8 Å². The van der Waals surface area contributed by atoms with E-state index in [1.165, 1.54) is 36.0 Å². The molecule has 0 bridgehead atoms. The Morgan fingerprint density at radius 1 is 1.35 bits per heavy atom. The van der Waals surface area contributed by atoms with Crippen LogP contribution in [0.1, 0.15) is 26.5 Å². The normalized spacial score (nSPS) is 10.2. The minimum absolute atomic E-state index is 0.0231. The first kappa shape index (κ1) is 19.3. The molecule has 2 aromatic heterocycles. The van der Waals surface area contributed by atoms with Gasteiger partial charge in [0.15, 0.2) is 17.0 Å². The molecule has 3 rings (SSSR count). The lowest BCUT2D eigenvalue weighted by Crippen LogP contribution is -2.13. The van der Waals surface area contributed by atoms with Crippen LogP contribution in [0, 0.1) is 5.82 Å². The van der Waals surface area contributed by atoms with Gasteiger partial charge in [-0.1, -0.05) is 17.7 Å². The number of benzene rings is 1. The highest BCUT2D eigenvalue weighted by molar-refractivity contribution is 6.30. The van der Waals surface area contributed by atoms with Crippen LogP contribution < -0.4 is 5.73 Å². The highest BCUT2D eigenvalue weighted by Crippen LogP contribution is 2.15. The van der Waals surface area contributed by atoms with E-state index in [9.17, 15) is 14.0 Å². The number of carbonyl (C=O) groups excluding carboxylic acids is 1. The molecular weight excluding hydrogens is 367 g/mol. The summed E-state index contributed by atoms with van der Waals surface area (Å²) in [5.41, 5.74) is 6.20. The van der Waals surface area contributed by atoms with Gasteiger partial charge in [0.2, 0.25) is 0 Å². The first-order valence-corrected chi connectivity index (χ1v) is 7.55. The third-order valence-electron chi connectivity index (χ3n) is 3.19. The second-order valence-electron chi connectivity index (χ2n) is 4.88. The molecule has 10 heteroatoms. The monoisotopic (exact) mass is 380 g/mol. The Kier molecular flexibility index (Phi) is 6.21. The Balaban J connectivity index is 0.000000209. The molecule has 0 spiro atoms. The quantitative estimate of drug-likeness (QED) is 0.668. The molecule has 0 aliphatic carbocycles. The molecule has 1 aromatic carbocycles. The number of rotatable bonds is 3. The van der Waals surface area contributed by atoms with Crippen molar-refractivity contribution in [3.05, 3.63) is 64.3 Å². The van der Waals surface area contributed by atoms with E-state index in [-0.39, 0.29) is 22.1 Å². The first-order chi connectivity index (χ1) is 12.4. The SMILES string of the molecule is COC(=O)c1cc(C(=O)O)nc2ccnn12.NCc1ccc(F)c(Cl)c1. The van der Waals surface area contributed by atoms with Crippen molar-refractivity contribution in [1.29, 1.82) is 0 Å². The standard InChI is InChI=1S/C9H7N3O4.C7H7ClFN/c1-16-9(15)6-4-5(8(13)14)11-7-2-3-10-12(6)7;8-6-3-5(4-10)1-2-7(6)9/h2-4H,1H3,(H,13,14);1-3H,4,10H2. The smallest absolute Gasteiger partial charge is 0.356 e. The minimum atomic E-state index is -1.21. The molecule has 136 valence electrons. The molecule has 0 unspecified atom stereocenters. The van der Waals surface area contributed by atoms with Crippen molar-refractivity contribution in [2.24, 2.45) is 5.73 Å². The van der Waals surface area contributed by atoms with Crippen LogP contribution >= 0.6 is 11.6 Å². The number of carboxylic acids is 1. The van der Waals surface area contributed by atoms with Crippen LogP contribution in [0.5, 0.6) is 0 Å². The Hall–Kier alpha value is -3.04. The summed E-state index contributed by atoms with van der Waals surface area (Å²) in [5.74, 6) is -2.29. The molecule has 0 radical (unpaired) electrons. The zero-order chi connectivity index (χ0) is 19.3. The largest absolute Gasteiger partial charge is 0.477 e. The molecule has 0 fully saturated rings. The van der Waals surface area contributed by atoms with Crippen molar-refractivity contribution in [2.45, 2.75) is 6.54 Å². The lowest BCUT2D eigenvalue weighted by Gasteiger charge is -2.03. The summed E-state index contributed by atoms with van der Waals surface area (Å²) >= 11 is 5.46. The van der Waals surface area contributed by atoms with Gasteiger partial charge in [0.1, 0.15) is 5.82 Å². The average Bonchev–Trinajstić information content (AvgIpc) is 3.11. The van der Waals surface area contributed by atoms with Gasteiger partial charge in [-0.05, 0) is 17.7 Å². The maximum atomic E-state index is 12.5. The average molecular weight is 381 g/mol. The predicted molar refractivity (Wildman–Crippen MR) is 90.6 cm³/mol. The molecule has 3 N–H and O–H groups in total. The number of nitrogens with zero attached hydrogens (tertiary/aromatic N) is 3. The van der Waals surface area contributed by atoms with Gasteiger partial charge in [0, 0.05) is 18.7 Å². The fourth-order valence-corrected chi connectivity index (χ4v) is 2.14. The van der Waals surface area contributed by atoms with Crippen molar-refractivity contribution in [3.8, 4) is 0 Å². The number of esters is 1. The van der Waals surface area contributed by atoms with Crippen LogP contribution in [0.15, 0.2) is 36.5 Å². The van der Waals surface area contributed by atoms with E-state index in [4.69, 9.17) is 22.4 Å². The topological polar surface area (TPSA) is 120 Å². The number of methoxy groups -OCH3 is 1. The number of aromatic carboxylic acids is 1. The Labute approximate surface area is 152 Å². The number of hydrogen-bond acceptors (Lipinski definition) is 6. The molecule has 8 nitrogen and oxygen atoms in total. The number of aromatic nitrogens is 3. The van der Waals surface area contributed by atoms with E-state index in [1.54, 1.807) is 6.07 Å². The summed E-state index contributed by atoms with van der Waals surface area (Å²) in [4.78, 5) is 26.0. The molecule has 0 aliphatic rings. The third kappa shape index (κ3) is 4.32. The van der Waals surface area contributed by atoms with E-state index >= 15 is 0 Å². The molecule has 0 atom stereocenters. The molecular formula is C16H14ClFN4O4. The van der Waals surface area contributed by atoms with Crippen LogP contribution in [0.3, 0.4) is 0 Å². The highest BCUT2D eigenvalue weighted by Gasteiger charge is 2.16. The molecule has 0 saturated heterocycles. The molecule has 0 aliphatic heterocycles. The van der Waals surface area contributed by atoms with Crippen molar-refractivity contribution < 1.29 is 23.8 Å². The molecule has 0 amide bonds. The zero-order valence-electron chi connectivity index (χ0n) is 13.5. The number of fused-ring (bicyclic) bond motifs is 1. The predicted octanol–water partition coefficient (Wildman–Crippen LogP) is 2.15. The van der Waals surface area contributed by atoms with Gasteiger partial charge in [0.05, 0.1) is 18.3 Å². The van der Waals surface area contributed by atoms with Gasteiger partial charge in [-0.2, -0.15) is 5.10 Å². The minimum Gasteiger partial charge on any atom is -0.477 e. The summed E-state index contributed by atoms with van der Waals surface area (Å²) in [6.45, 7) is 0.389. The van der Waals surface area contributed by atoms with Crippen LogP contribution in [0.4, 0.5) is 4.39 Å². The van der Waals surface area contributed by atoms with Crippen LogP contribution in [-0.2, 0) is 11.3 Å². The number of ether oxygens (including phenoxy) is 1. The maximum absolute atomic E-state index is 12.5. The summed E-state index contributed by atoms with van der Waals surface area (Å²) in [5, 5.41) is 12.8. The Morgan fingerprint density at radius 2 is 2.08 bits per heavy atom. The van der Waals surface area contributed by atoms with E-state index in [0.29, 0.717) is 6.54 Å². The van der Waals surface area contributed by atoms with Gasteiger partial charge >= 0.3 is 11.9 Å². The van der Waals surface area contributed by atoms with Crippen LogP contribution in [0.2, 0.25) is 5.02 Å². The fraction of sp³-hybridized carbons (Fsp3) is 0.125. The van der Waals surface area contributed by atoms with Crippen LogP contribution in [0.25, 0.3) is 5.65 Å². The van der Waals surface area contributed by atoms with Gasteiger partial charge in [-0.3, -0.25) is 0 Å². The molecule has 26 heavy (non-hydrogen) atoms. The van der Waals surface area contributed by atoms with Gasteiger partial charge < -0.3 is 15.6 Å². The number of nitrogens with two attached hydrogens (primary N) is 1. The number of hydrogen-bond donors (Lipinski definition) is 2. The van der Waals surface area contributed by atoms with Gasteiger partial charge in [0.25, 0.3) is 0 Å². The number of carbonyl (C=O) groups is 2. The highest BCUT2D eigenvalue weighted by atomic mass is 35.5. The zero-order valence-corrected chi connectivity index (χ0v) is 14.3. The summed E-state index contributed by atoms with van der Waals surface area (Å²) < 4.78 is 18.2. The summed E-state index contributed by atoms with van der Waals surface area (Å²) in [6.07, 6.45) is 1.42. The maximum Gasteiger partial charge on any atom is 0.356 e. The number of halogens is 2. The lowest BCUT2D eigenvalue weighted by atomic mass is 10.2. The molecule has 0 saturated carbocycles. The lowest BCUT2D eigenvalue weighted by molar-refractivity contribution is 0.0590. The fourth-order valence-electron chi connectivity index (χ4n) is 1.94. The van der Waals surface area contributed by atoms with E-state index in [0.717, 1.165) is 11.6 Å². The van der Waals surface area contributed by atoms with E-state index < -0.39 is 17.8 Å².